The van der Waals surface area contributed by atoms with Crippen molar-refractivity contribution in [2.45, 2.75) is 39.2 Å². The third kappa shape index (κ3) is 3.47. The molecule has 1 atom stereocenters. The quantitative estimate of drug-likeness (QED) is 0.605. The molecule has 0 fully saturated rings. The minimum Gasteiger partial charge on any atom is -0.378 e. The highest BCUT2D eigenvalue weighted by molar-refractivity contribution is 4.83. The first-order valence-electron chi connectivity index (χ1n) is 3.82. The van der Waals surface area contributed by atoms with Crippen molar-refractivity contribution in [2.75, 3.05) is 0 Å². The van der Waals surface area contributed by atoms with E-state index in [-0.39, 0.29) is 0 Å². The van der Waals surface area contributed by atoms with Crippen molar-refractivity contribution in [3.05, 3.63) is 0 Å². The smallest absolute Gasteiger partial charge is 0.140 e. The van der Waals surface area contributed by atoms with Crippen molar-refractivity contribution in [3.63, 3.8) is 0 Å². The first-order chi connectivity index (χ1) is 4.74. The molecule has 0 rings (SSSR count). The molecular formula is C8H15NO. The molecule has 0 bridgehead atoms. The Morgan fingerprint density at radius 2 is 1.90 bits per heavy atom. The molecule has 2 heteroatoms. The van der Waals surface area contributed by atoms with Crippen molar-refractivity contribution in [1.82, 2.24) is 0 Å². The van der Waals surface area contributed by atoms with E-state index in [0.29, 0.717) is 12.3 Å². The summed E-state index contributed by atoms with van der Waals surface area (Å²) in [7, 11) is 0. The van der Waals surface area contributed by atoms with Crippen LogP contribution in [0.4, 0.5) is 0 Å². The number of hydrogen-bond acceptors (Lipinski definition) is 2. The van der Waals surface area contributed by atoms with E-state index in [4.69, 9.17) is 10.4 Å². The third-order valence-corrected chi connectivity index (χ3v) is 1.86. The van der Waals surface area contributed by atoms with Gasteiger partial charge in [0.05, 0.1) is 6.07 Å². The molecule has 1 unspecified atom stereocenters. The molecule has 10 heavy (non-hydrogen) atoms. The fraction of sp³-hybridized carbons (Fsp3) is 0.875. The van der Waals surface area contributed by atoms with Crippen LogP contribution in [0, 0.1) is 17.2 Å². The van der Waals surface area contributed by atoms with Gasteiger partial charge in [0.15, 0.2) is 0 Å². The second-order valence-corrected chi connectivity index (χ2v) is 2.56. The van der Waals surface area contributed by atoms with Crippen molar-refractivity contribution < 1.29 is 5.11 Å². The summed E-state index contributed by atoms with van der Waals surface area (Å²) in [4.78, 5) is 0. The lowest BCUT2D eigenvalue weighted by atomic mass is 9.97. The number of aliphatic hydroxyl groups is 1. The van der Waals surface area contributed by atoms with Gasteiger partial charge in [0.25, 0.3) is 0 Å². The van der Waals surface area contributed by atoms with E-state index in [0.717, 1.165) is 12.8 Å². The van der Waals surface area contributed by atoms with Gasteiger partial charge in [-0.2, -0.15) is 5.26 Å². The van der Waals surface area contributed by atoms with Crippen LogP contribution in [-0.2, 0) is 0 Å². The number of aliphatic hydroxyl groups excluding tert-OH is 1. The summed E-state index contributed by atoms with van der Waals surface area (Å²) in [6, 6.07) is 1.82. The predicted molar refractivity (Wildman–Crippen MR) is 40.3 cm³/mol. The van der Waals surface area contributed by atoms with Gasteiger partial charge >= 0.3 is 0 Å². The van der Waals surface area contributed by atoms with Crippen molar-refractivity contribution in [1.29, 1.82) is 5.26 Å². The Labute approximate surface area is 62.5 Å². The van der Waals surface area contributed by atoms with Gasteiger partial charge in [-0.25, -0.2) is 0 Å². The highest BCUT2D eigenvalue weighted by Crippen LogP contribution is 2.13. The average molecular weight is 141 g/mol. The summed E-state index contributed by atoms with van der Waals surface area (Å²) in [6.45, 7) is 4.16. The van der Waals surface area contributed by atoms with Crippen LogP contribution in [0.2, 0.25) is 0 Å². The monoisotopic (exact) mass is 141 g/mol. The fourth-order valence-corrected chi connectivity index (χ4v) is 0.990. The molecule has 0 saturated carbocycles. The van der Waals surface area contributed by atoms with Gasteiger partial charge in [-0.1, -0.05) is 26.7 Å². The molecule has 0 aromatic carbocycles. The first kappa shape index (κ1) is 9.45. The molecule has 0 aliphatic rings. The topological polar surface area (TPSA) is 44.0 Å². The van der Waals surface area contributed by atoms with E-state index < -0.39 is 6.10 Å². The van der Waals surface area contributed by atoms with E-state index in [1.807, 2.05) is 6.07 Å². The third-order valence-electron chi connectivity index (χ3n) is 1.86. The average Bonchev–Trinajstić information content (AvgIpc) is 1.99. The molecule has 0 spiro atoms. The molecule has 0 aliphatic carbocycles. The van der Waals surface area contributed by atoms with Crippen molar-refractivity contribution in [3.8, 4) is 6.07 Å². The Kier molecular flexibility index (Phi) is 4.96. The number of rotatable bonds is 4. The minimum absolute atomic E-state index is 0.509. The summed E-state index contributed by atoms with van der Waals surface area (Å²) in [5.41, 5.74) is 0. The summed E-state index contributed by atoms with van der Waals surface area (Å²) in [5.74, 6) is 0.509. The Bertz CT molecular complexity index is 113. The van der Waals surface area contributed by atoms with Crippen molar-refractivity contribution >= 4 is 0 Å². The number of hydrogen-bond donors (Lipinski definition) is 1. The van der Waals surface area contributed by atoms with Crippen LogP contribution < -0.4 is 0 Å². The normalized spacial score (nSPS) is 13.1. The van der Waals surface area contributed by atoms with Crippen LogP contribution in [0.5, 0.6) is 0 Å². The van der Waals surface area contributed by atoms with Gasteiger partial charge in [-0.05, 0) is 12.3 Å². The second kappa shape index (κ2) is 5.25. The highest BCUT2D eigenvalue weighted by atomic mass is 16.3. The molecule has 1 N–H and O–H groups in total. The van der Waals surface area contributed by atoms with Gasteiger partial charge in [0.1, 0.15) is 6.10 Å². The lowest BCUT2D eigenvalue weighted by Crippen LogP contribution is -2.09. The first-order valence-corrected chi connectivity index (χ1v) is 3.82. The zero-order valence-electron chi connectivity index (χ0n) is 6.67. The number of nitrogens with zero attached hydrogens (tertiary/aromatic N) is 1. The lowest BCUT2D eigenvalue weighted by Gasteiger charge is -2.11. The van der Waals surface area contributed by atoms with Crippen LogP contribution in [-0.4, -0.2) is 11.2 Å². The largest absolute Gasteiger partial charge is 0.378 e. The van der Waals surface area contributed by atoms with E-state index in [1.165, 1.54) is 0 Å². The van der Waals surface area contributed by atoms with Crippen molar-refractivity contribution in [2.24, 2.45) is 5.92 Å². The van der Waals surface area contributed by atoms with Crippen LogP contribution in [0.3, 0.4) is 0 Å². The summed E-state index contributed by atoms with van der Waals surface area (Å²) >= 11 is 0. The predicted octanol–water partition coefficient (Wildman–Crippen LogP) is 1.70. The summed E-state index contributed by atoms with van der Waals surface area (Å²) in [5, 5.41) is 17.2. The minimum atomic E-state index is -0.759. The Morgan fingerprint density at radius 3 is 2.20 bits per heavy atom. The van der Waals surface area contributed by atoms with Gasteiger partial charge in [0.2, 0.25) is 0 Å². The van der Waals surface area contributed by atoms with Gasteiger partial charge in [0, 0.05) is 0 Å². The van der Waals surface area contributed by atoms with Gasteiger partial charge in [-0.3, -0.25) is 0 Å². The SMILES string of the molecule is CCC(CC)CC(O)C#N. The van der Waals surface area contributed by atoms with Crippen LogP contribution in [0.25, 0.3) is 0 Å². The molecule has 0 aliphatic heterocycles. The molecule has 0 amide bonds. The van der Waals surface area contributed by atoms with E-state index in [2.05, 4.69) is 13.8 Å². The molecule has 0 heterocycles. The maximum Gasteiger partial charge on any atom is 0.140 e. The Balaban J connectivity index is 3.54. The maximum atomic E-state index is 8.93. The molecule has 0 saturated heterocycles. The molecule has 0 aromatic rings. The standard InChI is InChI=1S/C8H15NO/c1-3-7(4-2)5-8(10)6-9/h7-8,10H,3-5H2,1-2H3. The van der Waals surface area contributed by atoms with Gasteiger partial charge < -0.3 is 5.11 Å². The fourth-order valence-electron chi connectivity index (χ4n) is 0.990. The Hall–Kier alpha value is -0.550. The van der Waals surface area contributed by atoms with Crippen LogP contribution in [0.15, 0.2) is 0 Å². The second-order valence-electron chi connectivity index (χ2n) is 2.56. The lowest BCUT2D eigenvalue weighted by molar-refractivity contribution is 0.189. The highest BCUT2D eigenvalue weighted by Gasteiger charge is 2.09. The molecule has 2 nitrogen and oxygen atoms in total. The van der Waals surface area contributed by atoms with E-state index >= 15 is 0 Å². The zero-order valence-corrected chi connectivity index (χ0v) is 6.67. The summed E-state index contributed by atoms with van der Waals surface area (Å²) in [6.07, 6.45) is 1.97. The Morgan fingerprint density at radius 1 is 1.40 bits per heavy atom. The molecule has 58 valence electrons. The molecule has 0 aromatic heterocycles. The van der Waals surface area contributed by atoms with Gasteiger partial charge in [-0.15, -0.1) is 0 Å². The van der Waals surface area contributed by atoms with Crippen LogP contribution >= 0.6 is 0 Å². The van der Waals surface area contributed by atoms with E-state index in [9.17, 15) is 0 Å². The van der Waals surface area contributed by atoms with E-state index in [1.54, 1.807) is 0 Å². The molecule has 0 radical (unpaired) electrons. The van der Waals surface area contributed by atoms with Crippen LogP contribution in [0.1, 0.15) is 33.1 Å². The zero-order chi connectivity index (χ0) is 7.98. The maximum absolute atomic E-state index is 8.93. The molecular weight excluding hydrogens is 126 g/mol. The number of nitriles is 1. The summed E-state index contributed by atoms with van der Waals surface area (Å²) < 4.78 is 0.